The number of halogens is 1. The molecule has 1 aliphatic rings. The summed E-state index contributed by atoms with van der Waals surface area (Å²) in [5.41, 5.74) is 2.16. The molecule has 2 rings (SSSR count). The van der Waals surface area contributed by atoms with Crippen molar-refractivity contribution in [3.63, 3.8) is 0 Å². The summed E-state index contributed by atoms with van der Waals surface area (Å²) in [7, 11) is 1.99. The van der Waals surface area contributed by atoms with Crippen LogP contribution in [0.5, 0.6) is 0 Å². The van der Waals surface area contributed by atoms with Gasteiger partial charge in [-0.15, -0.1) is 0 Å². The third-order valence-electron chi connectivity index (χ3n) is 4.22. The molecular weight excluding hydrogens is 274 g/mol. The molecule has 0 bridgehead atoms. The van der Waals surface area contributed by atoms with Gasteiger partial charge in [0.25, 0.3) is 0 Å². The number of ether oxygens (including phenoxy) is 1. The predicted molar refractivity (Wildman–Crippen MR) is 82.3 cm³/mol. The van der Waals surface area contributed by atoms with E-state index in [-0.39, 0.29) is 0 Å². The van der Waals surface area contributed by atoms with Crippen LogP contribution in [-0.4, -0.2) is 35.6 Å². The highest BCUT2D eigenvalue weighted by Crippen LogP contribution is 2.26. The van der Waals surface area contributed by atoms with Gasteiger partial charge in [0, 0.05) is 32.7 Å². The first kappa shape index (κ1) is 15.8. The first-order chi connectivity index (χ1) is 9.67. The maximum Gasteiger partial charge on any atom is 0.0850 e. The summed E-state index contributed by atoms with van der Waals surface area (Å²) in [5, 5.41) is 9.00. The molecule has 4 nitrogen and oxygen atoms in total. The number of hydrogen-bond acceptors (Lipinski definition) is 3. The van der Waals surface area contributed by atoms with Gasteiger partial charge in [0.2, 0.25) is 0 Å². The molecular formula is C15H26ClN3O. The van der Waals surface area contributed by atoms with Gasteiger partial charge >= 0.3 is 0 Å². The molecule has 1 aromatic rings. The van der Waals surface area contributed by atoms with Crippen molar-refractivity contribution in [2.45, 2.75) is 45.6 Å². The molecule has 1 aromatic heterocycles. The van der Waals surface area contributed by atoms with E-state index in [1.807, 2.05) is 11.7 Å². The van der Waals surface area contributed by atoms with E-state index in [0.717, 1.165) is 61.9 Å². The molecule has 1 fully saturated rings. The largest absolute Gasteiger partial charge is 0.381 e. The van der Waals surface area contributed by atoms with Crippen molar-refractivity contribution < 1.29 is 4.74 Å². The van der Waals surface area contributed by atoms with Gasteiger partial charge in [-0.05, 0) is 31.7 Å². The molecule has 0 aromatic carbocycles. The van der Waals surface area contributed by atoms with Crippen LogP contribution in [0.15, 0.2) is 0 Å². The van der Waals surface area contributed by atoms with Gasteiger partial charge in [-0.3, -0.25) is 4.68 Å². The minimum Gasteiger partial charge on any atom is -0.381 e. The zero-order chi connectivity index (χ0) is 14.5. The fourth-order valence-corrected chi connectivity index (χ4v) is 3.41. The highest BCUT2D eigenvalue weighted by atomic mass is 35.5. The minimum absolute atomic E-state index is 0.460. The summed E-state index contributed by atoms with van der Waals surface area (Å²) >= 11 is 6.48. The molecule has 0 aliphatic carbocycles. The van der Waals surface area contributed by atoms with Crippen molar-refractivity contribution in [2.75, 3.05) is 19.8 Å². The highest BCUT2D eigenvalue weighted by molar-refractivity contribution is 6.31. The number of hydrogen-bond donors (Lipinski definition) is 1. The molecule has 114 valence electrons. The standard InChI is InChI=1S/C15H26ClN3O/c1-4-12-15(16)14(19(3)18-12)10-13(17-5-2)11-6-8-20-9-7-11/h11,13,17H,4-10H2,1-3H3. The monoisotopic (exact) mass is 299 g/mol. The van der Waals surface area contributed by atoms with E-state index in [9.17, 15) is 0 Å². The second kappa shape index (κ2) is 7.43. The quantitative estimate of drug-likeness (QED) is 0.877. The van der Waals surface area contributed by atoms with E-state index >= 15 is 0 Å². The van der Waals surface area contributed by atoms with Crippen molar-refractivity contribution in [1.82, 2.24) is 15.1 Å². The van der Waals surface area contributed by atoms with Crippen molar-refractivity contribution in [3.05, 3.63) is 16.4 Å². The number of rotatable bonds is 6. The maximum atomic E-state index is 6.48. The Labute approximate surface area is 126 Å². The normalized spacial score (nSPS) is 18.4. The highest BCUT2D eigenvalue weighted by Gasteiger charge is 2.26. The van der Waals surface area contributed by atoms with Gasteiger partial charge in [0.1, 0.15) is 0 Å². The zero-order valence-electron chi connectivity index (χ0n) is 12.8. The fraction of sp³-hybridized carbons (Fsp3) is 0.800. The summed E-state index contributed by atoms with van der Waals surface area (Å²) in [4.78, 5) is 0. The van der Waals surface area contributed by atoms with E-state index in [1.165, 1.54) is 0 Å². The number of likely N-dealkylation sites (N-methyl/N-ethyl adjacent to an activating group) is 1. The van der Waals surface area contributed by atoms with Crippen LogP contribution in [-0.2, 0) is 24.6 Å². The van der Waals surface area contributed by atoms with E-state index in [0.29, 0.717) is 12.0 Å². The summed E-state index contributed by atoms with van der Waals surface area (Å²) in [5.74, 6) is 0.666. The predicted octanol–water partition coefficient (Wildman–Crippen LogP) is 2.58. The first-order valence-corrected chi connectivity index (χ1v) is 8.06. The van der Waals surface area contributed by atoms with E-state index in [4.69, 9.17) is 16.3 Å². The molecule has 1 saturated heterocycles. The van der Waals surface area contributed by atoms with Crippen LogP contribution in [0.2, 0.25) is 5.02 Å². The zero-order valence-corrected chi connectivity index (χ0v) is 13.5. The van der Waals surface area contributed by atoms with Gasteiger partial charge < -0.3 is 10.1 Å². The lowest BCUT2D eigenvalue weighted by atomic mass is 9.88. The molecule has 1 atom stereocenters. The lowest BCUT2D eigenvalue weighted by molar-refractivity contribution is 0.0537. The molecule has 2 heterocycles. The van der Waals surface area contributed by atoms with Crippen molar-refractivity contribution in [1.29, 1.82) is 0 Å². The van der Waals surface area contributed by atoms with Gasteiger partial charge in [-0.2, -0.15) is 5.10 Å². The third-order valence-corrected chi connectivity index (χ3v) is 4.65. The topological polar surface area (TPSA) is 39.1 Å². The van der Waals surface area contributed by atoms with Crippen LogP contribution in [0, 0.1) is 5.92 Å². The lowest BCUT2D eigenvalue weighted by Gasteiger charge is -2.31. The summed E-state index contributed by atoms with van der Waals surface area (Å²) in [6, 6.07) is 0.460. The van der Waals surface area contributed by atoms with E-state index < -0.39 is 0 Å². The average Bonchev–Trinajstić information content (AvgIpc) is 2.75. The van der Waals surface area contributed by atoms with Crippen molar-refractivity contribution in [3.8, 4) is 0 Å². The average molecular weight is 300 g/mol. The number of aromatic nitrogens is 2. The molecule has 20 heavy (non-hydrogen) atoms. The van der Waals surface area contributed by atoms with Crippen LogP contribution >= 0.6 is 11.6 Å². The van der Waals surface area contributed by atoms with Crippen LogP contribution < -0.4 is 5.32 Å². The Morgan fingerprint density at radius 1 is 1.40 bits per heavy atom. The number of nitrogens with one attached hydrogen (secondary N) is 1. The molecule has 0 saturated carbocycles. The van der Waals surface area contributed by atoms with Crippen LogP contribution in [0.1, 0.15) is 38.1 Å². The van der Waals surface area contributed by atoms with Crippen LogP contribution in [0.25, 0.3) is 0 Å². The fourth-order valence-electron chi connectivity index (χ4n) is 3.04. The third kappa shape index (κ3) is 3.54. The molecule has 0 radical (unpaired) electrons. The Hall–Kier alpha value is -0.580. The Bertz CT molecular complexity index is 427. The molecule has 1 unspecified atom stereocenters. The second-order valence-corrected chi connectivity index (χ2v) is 5.88. The van der Waals surface area contributed by atoms with Crippen LogP contribution in [0.4, 0.5) is 0 Å². The Balaban J connectivity index is 2.12. The van der Waals surface area contributed by atoms with Crippen molar-refractivity contribution in [2.24, 2.45) is 13.0 Å². The molecule has 5 heteroatoms. The lowest BCUT2D eigenvalue weighted by Crippen LogP contribution is -2.41. The van der Waals surface area contributed by atoms with Gasteiger partial charge in [0.05, 0.1) is 16.4 Å². The second-order valence-electron chi connectivity index (χ2n) is 5.50. The Kier molecular flexibility index (Phi) is 5.87. The summed E-state index contributed by atoms with van der Waals surface area (Å²) in [6.07, 6.45) is 4.10. The van der Waals surface area contributed by atoms with Gasteiger partial charge in [0.15, 0.2) is 0 Å². The SMILES string of the molecule is CCNC(Cc1c(Cl)c(CC)nn1C)C1CCOCC1. The molecule has 1 aliphatic heterocycles. The number of aryl methyl sites for hydroxylation is 2. The molecule has 0 spiro atoms. The smallest absolute Gasteiger partial charge is 0.0850 e. The summed E-state index contributed by atoms with van der Waals surface area (Å²) in [6.45, 7) is 7.00. The van der Waals surface area contributed by atoms with Crippen LogP contribution in [0.3, 0.4) is 0 Å². The summed E-state index contributed by atoms with van der Waals surface area (Å²) < 4.78 is 7.43. The minimum atomic E-state index is 0.460. The Morgan fingerprint density at radius 2 is 2.10 bits per heavy atom. The van der Waals surface area contributed by atoms with Gasteiger partial charge in [-0.1, -0.05) is 25.4 Å². The van der Waals surface area contributed by atoms with E-state index in [2.05, 4.69) is 24.3 Å². The first-order valence-electron chi connectivity index (χ1n) is 7.68. The van der Waals surface area contributed by atoms with E-state index in [1.54, 1.807) is 0 Å². The molecule has 1 N–H and O–H groups in total. The number of nitrogens with zero attached hydrogens (tertiary/aromatic N) is 2. The molecule has 0 amide bonds. The maximum absolute atomic E-state index is 6.48. The van der Waals surface area contributed by atoms with Gasteiger partial charge in [-0.25, -0.2) is 0 Å². The van der Waals surface area contributed by atoms with Crippen molar-refractivity contribution >= 4 is 11.6 Å². The Morgan fingerprint density at radius 3 is 2.65 bits per heavy atom.